The van der Waals surface area contributed by atoms with Crippen LogP contribution in [0.15, 0.2) is 52.7 Å². The number of para-hydroxylation sites is 2. The standard InChI is InChI=1S/C16H12ClN5O3S/c17-12-6-5-11(22(24)25)7-10(12)8-18-21-15(23)9-26-16-19-13-3-1-2-4-14(13)20-16/h1-8H,9H2,(H,19,20)(H,21,23)/b18-8-. The van der Waals surface area contributed by atoms with Gasteiger partial charge < -0.3 is 4.98 Å². The number of nitro groups is 1. The number of thioether (sulfide) groups is 1. The lowest BCUT2D eigenvalue weighted by molar-refractivity contribution is -0.384. The van der Waals surface area contributed by atoms with E-state index in [1.165, 1.54) is 36.2 Å². The molecule has 2 aromatic carbocycles. The number of hydrazone groups is 1. The zero-order chi connectivity index (χ0) is 18.5. The first-order valence-corrected chi connectivity index (χ1v) is 8.72. The predicted molar refractivity (Wildman–Crippen MR) is 101 cm³/mol. The van der Waals surface area contributed by atoms with Crippen LogP contribution in [0, 0.1) is 10.1 Å². The van der Waals surface area contributed by atoms with Crippen molar-refractivity contribution in [3.05, 3.63) is 63.2 Å². The van der Waals surface area contributed by atoms with Crippen LogP contribution < -0.4 is 5.43 Å². The summed E-state index contributed by atoms with van der Waals surface area (Å²) in [4.78, 5) is 29.6. The molecule has 0 aliphatic rings. The zero-order valence-electron chi connectivity index (χ0n) is 13.2. The number of halogens is 1. The highest BCUT2D eigenvalue weighted by Crippen LogP contribution is 2.21. The quantitative estimate of drug-likeness (QED) is 0.290. The summed E-state index contributed by atoms with van der Waals surface area (Å²) in [6.07, 6.45) is 1.26. The molecule has 0 unspecified atom stereocenters. The third-order valence-corrected chi connectivity index (χ3v) is 4.51. The maximum absolute atomic E-state index is 11.9. The fourth-order valence-corrected chi connectivity index (χ4v) is 2.93. The Morgan fingerprint density at radius 3 is 2.96 bits per heavy atom. The number of rotatable bonds is 6. The first-order chi connectivity index (χ1) is 12.5. The Bertz CT molecular complexity index is 971. The molecule has 8 nitrogen and oxygen atoms in total. The molecule has 0 atom stereocenters. The number of carbonyl (C=O) groups excluding carboxylic acids is 1. The predicted octanol–water partition coefficient (Wildman–Crippen LogP) is 3.37. The van der Waals surface area contributed by atoms with Crippen molar-refractivity contribution in [3.8, 4) is 0 Å². The minimum Gasteiger partial charge on any atom is -0.333 e. The summed E-state index contributed by atoms with van der Waals surface area (Å²) in [6.45, 7) is 0. The number of aromatic nitrogens is 2. The molecule has 2 N–H and O–H groups in total. The largest absolute Gasteiger partial charge is 0.333 e. The van der Waals surface area contributed by atoms with Gasteiger partial charge in [-0.2, -0.15) is 5.10 Å². The van der Waals surface area contributed by atoms with Gasteiger partial charge in [0.1, 0.15) is 0 Å². The Morgan fingerprint density at radius 1 is 1.38 bits per heavy atom. The van der Waals surface area contributed by atoms with E-state index in [9.17, 15) is 14.9 Å². The Hall–Kier alpha value is -2.91. The van der Waals surface area contributed by atoms with Gasteiger partial charge in [0.25, 0.3) is 11.6 Å². The molecule has 3 aromatic rings. The van der Waals surface area contributed by atoms with Crippen LogP contribution in [-0.4, -0.2) is 32.8 Å². The van der Waals surface area contributed by atoms with E-state index in [0.29, 0.717) is 15.7 Å². The highest BCUT2D eigenvalue weighted by Gasteiger charge is 2.09. The molecule has 10 heteroatoms. The van der Waals surface area contributed by atoms with Gasteiger partial charge in [0.15, 0.2) is 5.16 Å². The number of nitrogens with zero attached hydrogens (tertiary/aromatic N) is 3. The third kappa shape index (κ3) is 4.38. The number of non-ortho nitro benzene ring substituents is 1. The van der Waals surface area contributed by atoms with E-state index in [2.05, 4.69) is 20.5 Å². The summed E-state index contributed by atoms with van der Waals surface area (Å²) in [7, 11) is 0. The van der Waals surface area contributed by atoms with E-state index in [1.807, 2.05) is 24.3 Å². The molecule has 0 aliphatic heterocycles. The highest BCUT2D eigenvalue weighted by atomic mass is 35.5. The number of fused-ring (bicyclic) bond motifs is 1. The molecule has 1 amide bonds. The number of nitrogens with one attached hydrogen (secondary N) is 2. The lowest BCUT2D eigenvalue weighted by atomic mass is 10.2. The summed E-state index contributed by atoms with van der Waals surface area (Å²) >= 11 is 7.20. The van der Waals surface area contributed by atoms with Crippen LogP contribution in [0.25, 0.3) is 11.0 Å². The molecule has 26 heavy (non-hydrogen) atoms. The molecular formula is C16H12ClN5O3S. The van der Waals surface area contributed by atoms with Gasteiger partial charge in [-0.15, -0.1) is 0 Å². The summed E-state index contributed by atoms with van der Waals surface area (Å²) < 4.78 is 0. The second kappa shape index (κ2) is 7.98. The van der Waals surface area contributed by atoms with Gasteiger partial charge in [-0.25, -0.2) is 10.4 Å². The lowest BCUT2D eigenvalue weighted by Gasteiger charge is -2.00. The van der Waals surface area contributed by atoms with Crippen LogP contribution in [0.3, 0.4) is 0 Å². The Labute approximate surface area is 156 Å². The monoisotopic (exact) mass is 389 g/mol. The second-order valence-electron chi connectivity index (χ2n) is 5.10. The maximum atomic E-state index is 11.9. The smallest absolute Gasteiger partial charge is 0.270 e. The highest BCUT2D eigenvalue weighted by molar-refractivity contribution is 7.99. The van der Waals surface area contributed by atoms with Gasteiger partial charge in [0.2, 0.25) is 0 Å². The first kappa shape index (κ1) is 17.9. The van der Waals surface area contributed by atoms with E-state index in [4.69, 9.17) is 11.6 Å². The van der Waals surface area contributed by atoms with Crippen molar-refractivity contribution in [3.63, 3.8) is 0 Å². The Balaban J connectivity index is 1.56. The van der Waals surface area contributed by atoms with Crippen LogP contribution in [-0.2, 0) is 4.79 Å². The lowest BCUT2D eigenvalue weighted by Crippen LogP contribution is -2.19. The van der Waals surface area contributed by atoms with Crippen LogP contribution in [0.4, 0.5) is 5.69 Å². The van der Waals surface area contributed by atoms with Crippen LogP contribution in [0.2, 0.25) is 5.02 Å². The van der Waals surface area contributed by atoms with Gasteiger partial charge in [0, 0.05) is 22.7 Å². The minimum atomic E-state index is -0.532. The summed E-state index contributed by atoms with van der Waals surface area (Å²) in [5.41, 5.74) is 4.31. The second-order valence-corrected chi connectivity index (χ2v) is 6.48. The summed E-state index contributed by atoms with van der Waals surface area (Å²) in [6, 6.07) is 11.5. The molecule has 0 fully saturated rings. The Morgan fingerprint density at radius 2 is 2.19 bits per heavy atom. The van der Waals surface area contributed by atoms with Crippen LogP contribution >= 0.6 is 23.4 Å². The average molecular weight is 390 g/mol. The number of hydrogen-bond donors (Lipinski definition) is 2. The van der Waals surface area contributed by atoms with Crippen molar-refractivity contribution in [2.45, 2.75) is 5.16 Å². The first-order valence-electron chi connectivity index (χ1n) is 7.36. The van der Waals surface area contributed by atoms with Gasteiger partial charge in [-0.05, 0) is 18.2 Å². The van der Waals surface area contributed by atoms with E-state index in [-0.39, 0.29) is 17.3 Å². The molecular weight excluding hydrogens is 378 g/mol. The topological polar surface area (TPSA) is 113 Å². The SMILES string of the molecule is O=C(CSc1nc2ccccc2[nH]1)N/N=C\c1cc([N+](=O)[O-])ccc1Cl. The molecule has 3 rings (SSSR count). The van der Waals surface area contributed by atoms with Crippen LogP contribution in [0.1, 0.15) is 5.56 Å². The number of aromatic amines is 1. The molecule has 132 valence electrons. The van der Waals surface area contributed by atoms with E-state index in [0.717, 1.165) is 11.0 Å². The number of hydrogen-bond acceptors (Lipinski definition) is 6. The molecule has 0 spiro atoms. The average Bonchev–Trinajstić information content (AvgIpc) is 3.04. The maximum Gasteiger partial charge on any atom is 0.270 e. The number of nitro benzene ring substituents is 1. The summed E-state index contributed by atoms with van der Waals surface area (Å²) in [5, 5.41) is 15.5. The molecule has 0 aliphatic carbocycles. The number of carbonyl (C=O) groups is 1. The molecule has 0 saturated carbocycles. The zero-order valence-corrected chi connectivity index (χ0v) is 14.8. The van der Waals surface area contributed by atoms with E-state index >= 15 is 0 Å². The van der Waals surface area contributed by atoms with Crippen molar-refractivity contribution in [2.75, 3.05) is 5.75 Å². The number of benzene rings is 2. The minimum absolute atomic E-state index is 0.109. The van der Waals surface area contributed by atoms with Gasteiger partial charge in [-0.3, -0.25) is 14.9 Å². The van der Waals surface area contributed by atoms with E-state index in [1.54, 1.807) is 0 Å². The van der Waals surface area contributed by atoms with Gasteiger partial charge in [0.05, 0.1) is 27.9 Å². The van der Waals surface area contributed by atoms with Crippen molar-refractivity contribution in [1.82, 2.24) is 15.4 Å². The fraction of sp³-hybridized carbons (Fsp3) is 0.0625. The normalized spacial score (nSPS) is 11.1. The van der Waals surface area contributed by atoms with Crippen molar-refractivity contribution >= 4 is 52.2 Å². The Kier molecular flexibility index (Phi) is 5.49. The van der Waals surface area contributed by atoms with E-state index < -0.39 is 4.92 Å². The molecule has 0 bridgehead atoms. The molecule has 1 aromatic heterocycles. The van der Waals surface area contributed by atoms with Crippen molar-refractivity contribution in [2.24, 2.45) is 5.10 Å². The number of imidazole rings is 1. The number of amides is 1. The molecule has 0 radical (unpaired) electrons. The van der Waals surface area contributed by atoms with Gasteiger partial charge >= 0.3 is 0 Å². The molecule has 1 heterocycles. The third-order valence-electron chi connectivity index (χ3n) is 3.29. The van der Waals surface area contributed by atoms with Crippen LogP contribution in [0.5, 0.6) is 0 Å². The van der Waals surface area contributed by atoms with Crippen molar-refractivity contribution in [1.29, 1.82) is 0 Å². The molecule has 0 saturated heterocycles. The fourth-order valence-electron chi connectivity index (χ4n) is 2.08. The van der Waals surface area contributed by atoms with Crippen molar-refractivity contribution < 1.29 is 9.72 Å². The number of H-pyrrole nitrogens is 1. The summed E-state index contributed by atoms with van der Waals surface area (Å²) in [5.74, 6) is -0.229. The van der Waals surface area contributed by atoms with Gasteiger partial charge in [-0.1, -0.05) is 35.5 Å².